The van der Waals surface area contributed by atoms with E-state index in [9.17, 15) is 4.79 Å². The van der Waals surface area contributed by atoms with Crippen molar-refractivity contribution in [2.24, 2.45) is 0 Å². The Hall–Kier alpha value is -0.610. The van der Waals surface area contributed by atoms with E-state index in [1.165, 1.54) is 12.8 Å². The molecule has 2 unspecified atom stereocenters. The number of ether oxygens (including phenoxy) is 1. The first kappa shape index (κ1) is 11.9. The Labute approximate surface area is 97.3 Å². The normalized spacial score (nSPS) is 31.4. The summed E-state index contributed by atoms with van der Waals surface area (Å²) in [5.74, 6) is 0.287. The fraction of sp³-hybridized carbons (Fsp3) is 0.917. The summed E-state index contributed by atoms with van der Waals surface area (Å²) in [5.41, 5.74) is 0. The van der Waals surface area contributed by atoms with Crippen molar-refractivity contribution in [2.45, 2.75) is 44.7 Å². The van der Waals surface area contributed by atoms with Crippen LogP contribution in [-0.4, -0.2) is 49.2 Å². The lowest BCUT2D eigenvalue weighted by molar-refractivity contribution is -0.139. The van der Waals surface area contributed by atoms with Crippen LogP contribution in [-0.2, 0) is 9.53 Å². The zero-order valence-electron chi connectivity index (χ0n) is 10.1. The predicted octanol–water partition coefficient (Wildman–Crippen LogP) is 0.766. The summed E-state index contributed by atoms with van der Waals surface area (Å²) >= 11 is 0. The minimum absolute atomic E-state index is 0.241. The summed E-state index contributed by atoms with van der Waals surface area (Å²) in [6, 6.07) is 0.640. The smallest absolute Gasteiger partial charge is 0.224 e. The van der Waals surface area contributed by atoms with Gasteiger partial charge in [-0.3, -0.25) is 4.79 Å². The molecule has 0 aromatic rings. The van der Waals surface area contributed by atoms with Crippen molar-refractivity contribution >= 4 is 5.91 Å². The van der Waals surface area contributed by atoms with Gasteiger partial charge in [0, 0.05) is 19.0 Å². The molecule has 2 saturated heterocycles. The van der Waals surface area contributed by atoms with E-state index in [1.54, 1.807) is 0 Å². The quantitative estimate of drug-likeness (QED) is 0.756. The van der Waals surface area contributed by atoms with Crippen molar-refractivity contribution in [1.29, 1.82) is 0 Å². The van der Waals surface area contributed by atoms with Gasteiger partial charge in [-0.1, -0.05) is 6.42 Å². The largest absolute Gasteiger partial charge is 0.377 e. The Bertz CT molecular complexity index is 239. The highest BCUT2D eigenvalue weighted by atomic mass is 16.5. The second kappa shape index (κ2) is 5.64. The number of nitrogens with zero attached hydrogens (tertiary/aromatic N) is 1. The number of morpholine rings is 1. The Kier molecular flexibility index (Phi) is 4.18. The van der Waals surface area contributed by atoms with E-state index >= 15 is 0 Å². The first-order valence-electron chi connectivity index (χ1n) is 6.38. The number of rotatable bonds is 2. The molecule has 0 radical (unpaired) electrons. The van der Waals surface area contributed by atoms with Gasteiger partial charge in [0.1, 0.15) is 0 Å². The number of nitrogens with one attached hydrogen (secondary N) is 1. The van der Waals surface area contributed by atoms with Crippen molar-refractivity contribution < 1.29 is 9.53 Å². The summed E-state index contributed by atoms with van der Waals surface area (Å²) in [7, 11) is 0. The van der Waals surface area contributed by atoms with Crippen LogP contribution < -0.4 is 5.32 Å². The van der Waals surface area contributed by atoms with Crippen LogP contribution in [0.15, 0.2) is 0 Å². The van der Waals surface area contributed by atoms with E-state index in [-0.39, 0.29) is 11.9 Å². The summed E-state index contributed by atoms with van der Waals surface area (Å²) < 4.78 is 5.34. The SMILES string of the molecule is CC1COCCN1C(=O)CC1CCCCN1. The van der Waals surface area contributed by atoms with Gasteiger partial charge in [-0.05, 0) is 26.3 Å². The van der Waals surface area contributed by atoms with Crippen LogP contribution in [0, 0.1) is 0 Å². The molecule has 4 nitrogen and oxygen atoms in total. The van der Waals surface area contributed by atoms with Gasteiger partial charge < -0.3 is 15.0 Å². The number of hydrogen-bond donors (Lipinski definition) is 1. The molecule has 0 spiro atoms. The molecule has 1 amide bonds. The molecule has 4 heteroatoms. The Morgan fingerprint density at radius 1 is 1.50 bits per heavy atom. The second-order valence-electron chi connectivity index (χ2n) is 4.86. The van der Waals surface area contributed by atoms with Crippen molar-refractivity contribution in [3.05, 3.63) is 0 Å². The number of piperidine rings is 1. The highest BCUT2D eigenvalue weighted by molar-refractivity contribution is 5.77. The molecular formula is C12H22N2O2. The monoisotopic (exact) mass is 226 g/mol. The van der Waals surface area contributed by atoms with E-state index in [0.717, 1.165) is 19.5 Å². The third kappa shape index (κ3) is 2.95. The number of hydrogen-bond acceptors (Lipinski definition) is 3. The summed E-state index contributed by atoms with van der Waals surface area (Å²) in [5, 5.41) is 3.43. The fourth-order valence-electron chi connectivity index (χ4n) is 2.52. The average Bonchev–Trinajstić information content (AvgIpc) is 2.31. The first-order valence-corrected chi connectivity index (χ1v) is 6.38. The maximum absolute atomic E-state index is 12.1. The summed E-state index contributed by atoms with van der Waals surface area (Å²) in [4.78, 5) is 14.1. The third-order valence-electron chi connectivity index (χ3n) is 3.52. The lowest BCUT2D eigenvalue weighted by atomic mass is 10.0. The standard InChI is InChI=1S/C12H22N2O2/c1-10-9-16-7-6-14(10)12(15)8-11-4-2-3-5-13-11/h10-11,13H,2-9H2,1H3. The van der Waals surface area contributed by atoms with Crippen LogP contribution >= 0.6 is 0 Å². The van der Waals surface area contributed by atoms with E-state index < -0.39 is 0 Å². The maximum atomic E-state index is 12.1. The van der Waals surface area contributed by atoms with Crippen molar-refractivity contribution in [3.8, 4) is 0 Å². The van der Waals surface area contributed by atoms with Gasteiger partial charge in [0.05, 0.1) is 19.3 Å². The van der Waals surface area contributed by atoms with E-state index in [0.29, 0.717) is 25.7 Å². The van der Waals surface area contributed by atoms with Gasteiger partial charge in [-0.2, -0.15) is 0 Å². The Morgan fingerprint density at radius 2 is 2.38 bits per heavy atom. The highest BCUT2D eigenvalue weighted by Crippen LogP contribution is 2.14. The third-order valence-corrected chi connectivity index (χ3v) is 3.52. The van der Waals surface area contributed by atoms with Crippen LogP contribution in [0.1, 0.15) is 32.6 Å². The topological polar surface area (TPSA) is 41.6 Å². The highest BCUT2D eigenvalue weighted by Gasteiger charge is 2.26. The van der Waals surface area contributed by atoms with Gasteiger partial charge >= 0.3 is 0 Å². The molecule has 2 heterocycles. The number of amides is 1. The van der Waals surface area contributed by atoms with Crippen LogP contribution in [0.2, 0.25) is 0 Å². The van der Waals surface area contributed by atoms with Gasteiger partial charge in [-0.25, -0.2) is 0 Å². The van der Waals surface area contributed by atoms with Crippen molar-refractivity contribution in [1.82, 2.24) is 10.2 Å². The van der Waals surface area contributed by atoms with Crippen LogP contribution in [0.25, 0.3) is 0 Å². The molecule has 0 aromatic heterocycles. The number of carbonyl (C=O) groups excluding carboxylic acids is 1. The molecule has 0 aliphatic carbocycles. The van der Waals surface area contributed by atoms with Crippen molar-refractivity contribution in [3.63, 3.8) is 0 Å². The molecular weight excluding hydrogens is 204 g/mol. The Morgan fingerprint density at radius 3 is 3.06 bits per heavy atom. The van der Waals surface area contributed by atoms with E-state index in [4.69, 9.17) is 4.74 Å². The lowest BCUT2D eigenvalue weighted by Crippen LogP contribution is -2.49. The predicted molar refractivity (Wildman–Crippen MR) is 62.3 cm³/mol. The summed E-state index contributed by atoms with van der Waals surface area (Å²) in [6.07, 6.45) is 4.30. The fourth-order valence-corrected chi connectivity index (χ4v) is 2.52. The molecule has 16 heavy (non-hydrogen) atoms. The van der Waals surface area contributed by atoms with E-state index in [1.807, 2.05) is 4.90 Å². The van der Waals surface area contributed by atoms with Gasteiger partial charge in [-0.15, -0.1) is 0 Å². The van der Waals surface area contributed by atoms with Crippen molar-refractivity contribution in [2.75, 3.05) is 26.3 Å². The van der Waals surface area contributed by atoms with Crippen LogP contribution in [0.5, 0.6) is 0 Å². The zero-order valence-corrected chi connectivity index (χ0v) is 10.1. The first-order chi connectivity index (χ1) is 7.77. The molecule has 2 aliphatic rings. The molecule has 2 fully saturated rings. The molecule has 92 valence electrons. The molecule has 0 saturated carbocycles. The molecule has 0 aromatic carbocycles. The van der Waals surface area contributed by atoms with Gasteiger partial charge in [0.25, 0.3) is 0 Å². The molecule has 2 rings (SSSR count). The van der Waals surface area contributed by atoms with Crippen LogP contribution in [0.3, 0.4) is 0 Å². The van der Waals surface area contributed by atoms with E-state index in [2.05, 4.69) is 12.2 Å². The second-order valence-corrected chi connectivity index (χ2v) is 4.86. The van der Waals surface area contributed by atoms with Gasteiger partial charge in [0.15, 0.2) is 0 Å². The van der Waals surface area contributed by atoms with Crippen LogP contribution in [0.4, 0.5) is 0 Å². The zero-order chi connectivity index (χ0) is 11.4. The average molecular weight is 226 g/mol. The molecule has 2 atom stereocenters. The van der Waals surface area contributed by atoms with Gasteiger partial charge in [0.2, 0.25) is 5.91 Å². The summed E-state index contributed by atoms with van der Waals surface area (Å²) in [6.45, 7) is 5.26. The molecule has 1 N–H and O–H groups in total. The molecule has 2 aliphatic heterocycles. The molecule has 0 bridgehead atoms. The number of carbonyl (C=O) groups is 1. The minimum Gasteiger partial charge on any atom is -0.377 e. The maximum Gasteiger partial charge on any atom is 0.224 e. The lowest BCUT2D eigenvalue weighted by Gasteiger charge is -2.35. The Balaban J connectivity index is 1.81. The minimum atomic E-state index is 0.241.